The molecule has 2 heterocycles. The van der Waals surface area contributed by atoms with Crippen LogP contribution in [-0.4, -0.2) is 60.1 Å². The maximum atomic E-state index is 13.4. The lowest BCUT2D eigenvalue weighted by Gasteiger charge is -2.31. The van der Waals surface area contributed by atoms with Crippen LogP contribution in [-0.2, 0) is 6.54 Å². The molecule has 7 heteroatoms. The summed E-state index contributed by atoms with van der Waals surface area (Å²) >= 11 is 0. The molecule has 1 amide bonds. The fourth-order valence-electron chi connectivity index (χ4n) is 4.10. The van der Waals surface area contributed by atoms with Gasteiger partial charge in [0, 0.05) is 55.2 Å². The third kappa shape index (κ3) is 4.53. The van der Waals surface area contributed by atoms with Crippen molar-refractivity contribution in [1.82, 2.24) is 14.8 Å². The van der Waals surface area contributed by atoms with Crippen molar-refractivity contribution in [3.63, 3.8) is 0 Å². The van der Waals surface area contributed by atoms with E-state index in [1.54, 1.807) is 6.07 Å². The summed E-state index contributed by atoms with van der Waals surface area (Å²) in [5, 5.41) is 0.796. The highest BCUT2D eigenvalue weighted by molar-refractivity contribution is 6.00. The van der Waals surface area contributed by atoms with Crippen LogP contribution in [0.3, 0.4) is 0 Å². The first-order valence-corrected chi connectivity index (χ1v) is 10.6. The number of pyridine rings is 1. The third-order valence-electron chi connectivity index (χ3n) is 5.81. The number of carbonyl (C=O) groups is 2. The number of hydrogen-bond donors (Lipinski definition) is 0. The molecule has 0 saturated carbocycles. The number of piperidine rings is 1. The van der Waals surface area contributed by atoms with Crippen LogP contribution in [0.25, 0.3) is 22.0 Å². The summed E-state index contributed by atoms with van der Waals surface area (Å²) in [7, 11) is 3.89. The lowest BCUT2D eigenvalue weighted by atomic mass is 9.97. The number of aldehydes is 1. The van der Waals surface area contributed by atoms with Gasteiger partial charge in [0.2, 0.25) is 0 Å². The summed E-state index contributed by atoms with van der Waals surface area (Å²) in [6.07, 6.45) is 1.76. The van der Waals surface area contributed by atoms with Gasteiger partial charge in [-0.15, -0.1) is 0 Å². The third-order valence-corrected chi connectivity index (χ3v) is 5.81. The van der Waals surface area contributed by atoms with E-state index in [0.29, 0.717) is 17.7 Å². The fourth-order valence-corrected chi connectivity index (χ4v) is 4.10. The zero-order valence-corrected chi connectivity index (χ0v) is 18.1. The van der Waals surface area contributed by atoms with Gasteiger partial charge < -0.3 is 9.80 Å². The number of amides is 1. The minimum Gasteiger partial charge on any atom is -0.338 e. The molecule has 2 aromatic carbocycles. The second-order valence-electron chi connectivity index (χ2n) is 8.52. The van der Waals surface area contributed by atoms with Crippen molar-refractivity contribution in [3.05, 3.63) is 65.4 Å². The van der Waals surface area contributed by atoms with E-state index in [-0.39, 0.29) is 31.8 Å². The van der Waals surface area contributed by atoms with Gasteiger partial charge in [-0.05, 0) is 37.4 Å². The molecule has 5 nitrogen and oxygen atoms in total. The number of para-hydroxylation sites is 1. The molecule has 1 aliphatic rings. The van der Waals surface area contributed by atoms with E-state index < -0.39 is 5.92 Å². The van der Waals surface area contributed by atoms with Crippen LogP contribution in [0.1, 0.15) is 39.1 Å². The van der Waals surface area contributed by atoms with Gasteiger partial charge >= 0.3 is 0 Å². The van der Waals surface area contributed by atoms with Crippen LogP contribution >= 0.6 is 0 Å². The number of carbonyl (C=O) groups excluding carboxylic acids is 2. The lowest BCUT2D eigenvalue weighted by Crippen LogP contribution is -2.42. The zero-order valence-electron chi connectivity index (χ0n) is 18.1. The van der Waals surface area contributed by atoms with Gasteiger partial charge in [0.25, 0.3) is 11.8 Å². The Balaban J connectivity index is 1.67. The monoisotopic (exact) mass is 437 g/mol. The molecule has 4 rings (SSSR count). The van der Waals surface area contributed by atoms with Gasteiger partial charge in [-0.2, -0.15) is 0 Å². The largest absolute Gasteiger partial charge is 0.338 e. The second kappa shape index (κ2) is 8.74. The maximum Gasteiger partial charge on any atom is 0.255 e. The minimum absolute atomic E-state index is 0.0433. The molecule has 1 saturated heterocycles. The Morgan fingerprint density at radius 2 is 1.91 bits per heavy atom. The Morgan fingerprint density at radius 3 is 2.59 bits per heavy atom. The number of fused-ring (bicyclic) bond motifs is 1. The topological polar surface area (TPSA) is 53.5 Å². The van der Waals surface area contributed by atoms with Crippen molar-refractivity contribution in [1.29, 1.82) is 0 Å². The van der Waals surface area contributed by atoms with E-state index in [4.69, 9.17) is 0 Å². The molecule has 1 aromatic heterocycles. The molecule has 3 aromatic rings. The van der Waals surface area contributed by atoms with E-state index in [0.717, 1.165) is 33.9 Å². The molecule has 0 spiro atoms. The molecule has 0 radical (unpaired) electrons. The second-order valence-corrected chi connectivity index (χ2v) is 8.52. The van der Waals surface area contributed by atoms with Gasteiger partial charge in [0.05, 0.1) is 11.1 Å². The Hall–Kier alpha value is -3.19. The summed E-state index contributed by atoms with van der Waals surface area (Å²) in [5.41, 5.74) is 4.54. The predicted octanol–water partition coefficient (Wildman–Crippen LogP) is 4.65. The quantitative estimate of drug-likeness (QED) is 0.546. The molecule has 0 unspecified atom stereocenters. The molecule has 0 atom stereocenters. The number of rotatable bonds is 5. The van der Waals surface area contributed by atoms with Crippen molar-refractivity contribution in [2.45, 2.75) is 25.3 Å². The number of hydrogen-bond acceptors (Lipinski definition) is 4. The first-order valence-electron chi connectivity index (χ1n) is 10.6. The van der Waals surface area contributed by atoms with Crippen molar-refractivity contribution in [2.24, 2.45) is 0 Å². The van der Waals surface area contributed by atoms with Gasteiger partial charge in [-0.3, -0.25) is 14.6 Å². The van der Waals surface area contributed by atoms with Crippen LogP contribution in [0.2, 0.25) is 0 Å². The standard InChI is InChI=1S/C25H25F2N3O2/c1-29(2)15-21-12-17(6-7-19(21)16-31)22-5-3-4-18-13-20(14-28-23(18)22)24(32)30-10-8-25(26,27)9-11-30/h3-7,12-14,16H,8-11,15H2,1-2H3. The summed E-state index contributed by atoms with van der Waals surface area (Å²) in [4.78, 5) is 32.3. The highest BCUT2D eigenvalue weighted by atomic mass is 19.3. The predicted molar refractivity (Wildman–Crippen MR) is 120 cm³/mol. The number of aromatic nitrogens is 1. The molecular formula is C25H25F2N3O2. The molecule has 32 heavy (non-hydrogen) atoms. The summed E-state index contributed by atoms with van der Waals surface area (Å²) < 4.78 is 26.9. The Labute approximate surface area is 185 Å². The Bertz CT molecular complexity index is 1170. The first-order chi connectivity index (χ1) is 15.3. The first kappa shape index (κ1) is 22.0. The van der Waals surface area contributed by atoms with Crippen molar-refractivity contribution in [2.75, 3.05) is 27.2 Å². The maximum absolute atomic E-state index is 13.4. The summed E-state index contributed by atoms with van der Waals surface area (Å²) in [5.74, 6) is -2.97. The molecule has 166 valence electrons. The van der Waals surface area contributed by atoms with Crippen molar-refractivity contribution >= 4 is 23.1 Å². The summed E-state index contributed by atoms with van der Waals surface area (Å²) in [6, 6.07) is 13.2. The minimum atomic E-state index is -2.70. The molecule has 0 bridgehead atoms. The van der Waals surface area contributed by atoms with Crippen molar-refractivity contribution in [3.8, 4) is 11.1 Å². The normalized spacial score (nSPS) is 15.8. The number of likely N-dealkylation sites (tertiary alicyclic amines) is 1. The van der Waals surface area contributed by atoms with Crippen molar-refractivity contribution < 1.29 is 18.4 Å². The van der Waals surface area contributed by atoms with E-state index in [1.165, 1.54) is 11.1 Å². The zero-order chi connectivity index (χ0) is 22.9. The molecule has 0 N–H and O–H groups in total. The Kier molecular flexibility index (Phi) is 6.02. The van der Waals surface area contributed by atoms with Gasteiger partial charge in [0.1, 0.15) is 6.29 Å². The van der Waals surface area contributed by atoms with E-state index in [9.17, 15) is 18.4 Å². The molecular weight excluding hydrogens is 412 g/mol. The van der Waals surface area contributed by atoms with E-state index >= 15 is 0 Å². The Morgan fingerprint density at radius 1 is 1.16 bits per heavy atom. The van der Waals surface area contributed by atoms with Crippen LogP contribution in [0, 0.1) is 0 Å². The van der Waals surface area contributed by atoms with Crippen LogP contribution in [0.5, 0.6) is 0 Å². The lowest BCUT2D eigenvalue weighted by molar-refractivity contribution is -0.0494. The number of halogens is 2. The van der Waals surface area contributed by atoms with E-state index in [2.05, 4.69) is 4.98 Å². The number of nitrogens with zero attached hydrogens (tertiary/aromatic N) is 3. The average Bonchev–Trinajstić information content (AvgIpc) is 2.77. The van der Waals surface area contributed by atoms with Gasteiger partial charge in [0.15, 0.2) is 0 Å². The smallest absolute Gasteiger partial charge is 0.255 e. The molecule has 1 fully saturated rings. The molecule has 0 aliphatic carbocycles. The van der Waals surface area contributed by atoms with Crippen LogP contribution in [0.4, 0.5) is 8.78 Å². The number of alkyl halides is 2. The number of benzene rings is 2. The fraction of sp³-hybridized carbons (Fsp3) is 0.320. The highest BCUT2D eigenvalue weighted by Gasteiger charge is 2.35. The average molecular weight is 437 g/mol. The molecule has 1 aliphatic heterocycles. The van der Waals surface area contributed by atoms with E-state index in [1.807, 2.05) is 55.4 Å². The van der Waals surface area contributed by atoms with Gasteiger partial charge in [-0.1, -0.05) is 30.3 Å². The van der Waals surface area contributed by atoms with Crippen LogP contribution in [0.15, 0.2) is 48.7 Å². The summed E-state index contributed by atoms with van der Waals surface area (Å²) in [6.45, 7) is 0.719. The van der Waals surface area contributed by atoms with Crippen LogP contribution < -0.4 is 0 Å². The SMILES string of the molecule is CN(C)Cc1cc(-c2cccc3cc(C(=O)N4CCC(F)(F)CC4)cnc23)ccc1C=O. The highest BCUT2D eigenvalue weighted by Crippen LogP contribution is 2.31. The van der Waals surface area contributed by atoms with Gasteiger partial charge in [-0.25, -0.2) is 8.78 Å².